The van der Waals surface area contributed by atoms with Crippen molar-refractivity contribution in [3.63, 3.8) is 0 Å². The third-order valence-corrected chi connectivity index (χ3v) is 7.40. The van der Waals surface area contributed by atoms with Gasteiger partial charge in [0.2, 0.25) is 0 Å². The number of esters is 1. The number of halogens is 1. The van der Waals surface area contributed by atoms with Crippen LogP contribution < -0.4 is 0 Å². The summed E-state index contributed by atoms with van der Waals surface area (Å²) in [6, 6.07) is 11.2. The van der Waals surface area contributed by atoms with Crippen molar-refractivity contribution in [1.29, 1.82) is 0 Å². The number of rotatable bonds is 9. The Morgan fingerprint density at radius 1 is 1.11 bits per heavy atom. The first-order chi connectivity index (χ1) is 16.9. The van der Waals surface area contributed by atoms with Crippen LogP contribution in [0.25, 0.3) is 0 Å². The molecule has 0 saturated heterocycles. The van der Waals surface area contributed by atoms with Gasteiger partial charge < -0.3 is 9.30 Å². The maximum atomic E-state index is 13.8. The average Bonchev–Trinajstić information content (AvgIpc) is 3.26. The minimum absolute atomic E-state index is 0.196. The number of nitrogens with zero attached hydrogens (tertiary/aromatic N) is 2. The van der Waals surface area contributed by atoms with Crippen molar-refractivity contribution in [2.45, 2.75) is 78.2 Å². The number of carbonyl (C=O) groups is 1. The van der Waals surface area contributed by atoms with Crippen LogP contribution in [0.5, 0.6) is 0 Å². The predicted octanol–water partition coefficient (Wildman–Crippen LogP) is 6.90. The van der Waals surface area contributed by atoms with Crippen molar-refractivity contribution < 1.29 is 13.9 Å². The largest absolute Gasteiger partial charge is 0.466 e. The summed E-state index contributed by atoms with van der Waals surface area (Å²) in [4.78, 5) is 17.2. The van der Waals surface area contributed by atoms with Crippen molar-refractivity contribution in [3.8, 4) is 0 Å². The molecular weight excluding hydrogens is 439 g/mol. The molecule has 1 heterocycles. The van der Waals surface area contributed by atoms with Gasteiger partial charge in [0, 0.05) is 31.3 Å². The first kappa shape index (κ1) is 25.2. The average molecular weight is 477 g/mol. The molecule has 0 bridgehead atoms. The molecule has 5 heteroatoms. The van der Waals surface area contributed by atoms with Crippen molar-refractivity contribution in [1.82, 2.24) is 9.55 Å². The standard InChI is InChI=1S/C30H37FN2O2/c1-4-35-30(34)19-28(27-13-12-26(31)16-22(27)3)24-11-10-21(2)25(18-24)20-33-15-14-32-29(33)17-23-8-6-5-7-9-23/h10-16,18,23,28H,4-9,17,19-20H2,1-3H3. The second kappa shape index (κ2) is 11.7. The number of hydrogen-bond donors (Lipinski definition) is 0. The van der Waals surface area contributed by atoms with Crippen LogP contribution in [0.15, 0.2) is 48.8 Å². The van der Waals surface area contributed by atoms with Gasteiger partial charge in [-0.05, 0) is 66.6 Å². The second-order valence-electron chi connectivity index (χ2n) is 9.93. The van der Waals surface area contributed by atoms with E-state index in [1.165, 1.54) is 55.4 Å². The fourth-order valence-corrected chi connectivity index (χ4v) is 5.41. The summed E-state index contributed by atoms with van der Waals surface area (Å²) in [5, 5.41) is 0. The summed E-state index contributed by atoms with van der Waals surface area (Å²) in [5.74, 6) is 1.18. The van der Waals surface area contributed by atoms with Crippen LogP contribution in [0.2, 0.25) is 0 Å². The van der Waals surface area contributed by atoms with Gasteiger partial charge in [0.15, 0.2) is 0 Å². The fraction of sp³-hybridized carbons (Fsp3) is 0.467. The molecule has 1 aliphatic rings. The predicted molar refractivity (Wildman–Crippen MR) is 137 cm³/mol. The minimum atomic E-state index is -0.267. The molecule has 4 rings (SSSR count). The smallest absolute Gasteiger partial charge is 0.306 e. The minimum Gasteiger partial charge on any atom is -0.466 e. The third kappa shape index (κ3) is 6.39. The molecule has 0 radical (unpaired) electrons. The van der Waals surface area contributed by atoms with Crippen LogP contribution in [-0.4, -0.2) is 22.1 Å². The van der Waals surface area contributed by atoms with E-state index in [-0.39, 0.29) is 24.1 Å². The van der Waals surface area contributed by atoms with Gasteiger partial charge >= 0.3 is 5.97 Å². The normalized spacial score (nSPS) is 15.2. The van der Waals surface area contributed by atoms with Crippen molar-refractivity contribution in [3.05, 3.63) is 88.3 Å². The van der Waals surface area contributed by atoms with E-state index in [4.69, 9.17) is 4.74 Å². The van der Waals surface area contributed by atoms with Crippen molar-refractivity contribution >= 4 is 5.97 Å². The molecule has 1 aromatic heterocycles. The van der Waals surface area contributed by atoms with Gasteiger partial charge in [-0.3, -0.25) is 4.79 Å². The van der Waals surface area contributed by atoms with Gasteiger partial charge in [-0.15, -0.1) is 0 Å². The Labute approximate surface area is 208 Å². The van der Waals surface area contributed by atoms with E-state index in [0.717, 1.165) is 41.4 Å². The van der Waals surface area contributed by atoms with E-state index >= 15 is 0 Å². The second-order valence-corrected chi connectivity index (χ2v) is 9.93. The number of ether oxygens (including phenoxy) is 1. The maximum absolute atomic E-state index is 13.8. The highest BCUT2D eigenvalue weighted by Gasteiger charge is 2.22. The SMILES string of the molecule is CCOC(=O)CC(c1ccc(C)c(Cn2ccnc2CC2CCCCC2)c1)c1ccc(F)cc1C. The van der Waals surface area contributed by atoms with Crippen molar-refractivity contribution in [2.75, 3.05) is 6.61 Å². The Morgan fingerprint density at radius 2 is 1.91 bits per heavy atom. The molecule has 1 unspecified atom stereocenters. The van der Waals surface area contributed by atoms with Gasteiger partial charge in [-0.1, -0.05) is 56.4 Å². The van der Waals surface area contributed by atoms with E-state index in [1.54, 1.807) is 6.07 Å². The number of aromatic nitrogens is 2. The van der Waals surface area contributed by atoms with E-state index in [9.17, 15) is 9.18 Å². The van der Waals surface area contributed by atoms with Gasteiger partial charge in [0.05, 0.1) is 13.0 Å². The van der Waals surface area contributed by atoms with E-state index in [2.05, 4.69) is 40.9 Å². The Morgan fingerprint density at radius 3 is 2.66 bits per heavy atom. The topological polar surface area (TPSA) is 44.1 Å². The zero-order chi connectivity index (χ0) is 24.8. The maximum Gasteiger partial charge on any atom is 0.306 e. The molecule has 1 saturated carbocycles. The fourth-order valence-electron chi connectivity index (χ4n) is 5.41. The quantitative estimate of drug-likeness (QED) is 0.316. The first-order valence-corrected chi connectivity index (χ1v) is 13.0. The molecule has 2 aromatic carbocycles. The van der Waals surface area contributed by atoms with Crippen LogP contribution in [-0.2, 0) is 22.5 Å². The highest BCUT2D eigenvalue weighted by Crippen LogP contribution is 2.33. The lowest BCUT2D eigenvalue weighted by atomic mass is 9.84. The molecule has 1 fully saturated rings. The summed E-state index contributed by atoms with van der Waals surface area (Å²) >= 11 is 0. The van der Waals surface area contributed by atoms with Gasteiger partial charge in [-0.25, -0.2) is 9.37 Å². The zero-order valence-electron chi connectivity index (χ0n) is 21.2. The Kier molecular flexibility index (Phi) is 8.37. The van der Waals surface area contributed by atoms with Gasteiger partial charge in [0.1, 0.15) is 11.6 Å². The molecule has 0 amide bonds. The number of aryl methyl sites for hydroxylation is 2. The van der Waals surface area contributed by atoms with Crippen LogP contribution in [0.1, 0.15) is 85.0 Å². The molecule has 0 N–H and O–H groups in total. The summed E-state index contributed by atoms with van der Waals surface area (Å²) in [5.41, 5.74) is 5.25. The highest BCUT2D eigenvalue weighted by atomic mass is 19.1. The lowest BCUT2D eigenvalue weighted by Gasteiger charge is -2.22. The Hall–Kier alpha value is -2.95. The van der Waals surface area contributed by atoms with Gasteiger partial charge in [0.25, 0.3) is 0 Å². The lowest BCUT2D eigenvalue weighted by Crippen LogP contribution is -2.15. The zero-order valence-corrected chi connectivity index (χ0v) is 21.2. The monoisotopic (exact) mass is 476 g/mol. The molecule has 186 valence electrons. The van der Waals surface area contributed by atoms with Crippen LogP contribution in [0.4, 0.5) is 4.39 Å². The number of hydrogen-bond acceptors (Lipinski definition) is 3. The third-order valence-electron chi connectivity index (χ3n) is 7.40. The molecular formula is C30H37FN2O2. The number of carbonyl (C=O) groups excluding carboxylic acids is 1. The Bertz CT molecular complexity index is 1150. The Balaban J connectivity index is 1.62. The van der Waals surface area contributed by atoms with Crippen molar-refractivity contribution in [2.24, 2.45) is 5.92 Å². The first-order valence-electron chi connectivity index (χ1n) is 13.0. The molecule has 0 spiro atoms. The van der Waals surface area contributed by atoms with E-state index in [1.807, 2.05) is 20.0 Å². The summed E-state index contributed by atoms with van der Waals surface area (Å²) < 4.78 is 21.4. The van der Waals surface area contributed by atoms with Gasteiger partial charge in [-0.2, -0.15) is 0 Å². The molecule has 1 aliphatic carbocycles. The molecule has 1 atom stereocenters. The van der Waals surface area contributed by atoms with Crippen LogP contribution in [0.3, 0.4) is 0 Å². The molecule has 4 nitrogen and oxygen atoms in total. The lowest BCUT2D eigenvalue weighted by molar-refractivity contribution is -0.143. The summed E-state index contributed by atoms with van der Waals surface area (Å²) in [6.07, 6.45) is 11.9. The van der Waals surface area contributed by atoms with Crippen LogP contribution >= 0.6 is 0 Å². The summed E-state index contributed by atoms with van der Waals surface area (Å²) in [7, 11) is 0. The molecule has 0 aliphatic heterocycles. The van der Waals surface area contributed by atoms with E-state index in [0.29, 0.717) is 6.61 Å². The number of benzene rings is 2. The molecule has 35 heavy (non-hydrogen) atoms. The van der Waals surface area contributed by atoms with Crippen LogP contribution in [0, 0.1) is 25.6 Å². The highest BCUT2D eigenvalue weighted by molar-refractivity contribution is 5.71. The summed E-state index contributed by atoms with van der Waals surface area (Å²) in [6.45, 7) is 6.93. The van der Waals surface area contributed by atoms with E-state index < -0.39 is 0 Å². The number of imidazole rings is 1. The molecule has 3 aromatic rings.